The lowest BCUT2D eigenvalue weighted by molar-refractivity contribution is -0.143. The van der Waals surface area contributed by atoms with Gasteiger partial charge in [-0.25, -0.2) is 14.4 Å². The van der Waals surface area contributed by atoms with Crippen LogP contribution in [0.4, 0.5) is 16.2 Å². The van der Waals surface area contributed by atoms with Crippen LogP contribution in [0.5, 0.6) is 0 Å². The van der Waals surface area contributed by atoms with Gasteiger partial charge in [0.15, 0.2) is 0 Å². The van der Waals surface area contributed by atoms with Crippen LogP contribution < -0.4 is 21.3 Å². The van der Waals surface area contributed by atoms with Gasteiger partial charge in [0.1, 0.15) is 18.1 Å². The lowest BCUT2D eigenvalue weighted by atomic mass is 9.92. The molecule has 1 aliphatic rings. The molecule has 5 amide bonds. The van der Waals surface area contributed by atoms with Crippen molar-refractivity contribution >= 4 is 70.4 Å². The predicted molar refractivity (Wildman–Crippen MR) is 184 cm³/mol. The number of benzene rings is 2. The number of aliphatic carboxylic acids is 2. The van der Waals surface area contributed by atoms with Gasteiger partial charge in [-0.2, -0.15) is 11.8 Å². The molecule has 1 fully saturated rings. The maximum atomic E-state index is 13.3. The molecule has 1 heterocycles. The third-order valence-corrected chi connectivity index (χ3v) is 8.87. The molecule has 2 aromatic rings. The third kappa shape index (κ3) is 12.1. The Morgan fingerprint density at radius 2 is 1.46 bits per heavy atom. The standard InChI is InChI=1S/C33H42ClN5O8S/c1-19(40)39-17-21(20-5-9-23(10-6-20)35-32(47)36-24-11-7-22(34)8-12-24)15-27(39)29(42)38-25(30(43)44)13-14-48-18-26(31(45)46)37-28(41)16-33(2,3)4/h5-12,21,25-27H,13-18H2,1-4H3,(H,37,41)(H,38,42)(H,43,44)(H,45,46)(H2,35,36,47). The summed E-state index contributed by atoms with van der Waals surface area (Å²) in [5, 5.41) is 30.3. The van der Waals surface area contributed by atoms with Gasteiger partial charge in [0, 0.05) is 48.0 Å². The second-order valence-corrected chi connectivity index (χ2v) is 14.4. The normalized spacial score (nSPS) is 17.1. The molecule has 1 aliphatic heterocycles. The van der Waals surface area contributed by atoms with Crippen molar-refractivity contribution in [3.05, 3.63) is 59.1 Å². The van der Waals surface area contributed by atoms with Crippen molar-refractivity contribution in [2.45, 2.75) is 71.0 Å². The average Bonchev–Trinajstić information content (AvgIpc) is 3.44. The van der Waals surface area contributed by atoms with Crippen molar-refractivity contribution in [1.82, 2.24) is 15.5 Å². The van der Waals surface area contributed by atoms with Gasteiger partial charge in [-0.1, -0.05) is 44.5 Å². The van der Waals surface area contributed by atoms with Crippen LogP contribution in [0.25, 0.3) is 0 Å². The van der Waals surface area contributed by atoms with Gasteiger partial charge in [0.05, 0.1) is 0 Å². The highest BCUT2D eigenvalue weighted by Crippen LogP contribution is 2.33. The van der Waals surface area contributed by atoms with E-state index in [-0.39, 0.29) is 60.5 Å². The molecule has 2 aromatic carbocycles. The number of halogens is 1. The SMILES string of the molecule is CC(=O)N1CC(c2ccc(NC(=O)Nc3ccc(Cl)cc3)cc2)CC1C(=O)NC(CCSCC(NC(=O)CC(C)(C)C)C(=O)O)C(=O)O. The van der Waals surface area contributed by atoms with Crippen molar-refractivity contribution < 1.29 is 39.0 Å². The van der Waals surface area contributed by atoms with E-state index >= 15 is 0 Å². The topological polar surface area (TPSA) is 194 Å². The first-order valence-corrected chi connectivity index (χ1v) is 16.9. The molecule has 0 aliphatic carbocycles. The summed E-state index contributed by atoms with van der Waals surface area (Å²) in [6, 6.07) is 9.95. The molecular formula is C33H42ClN5O8S. The number of carbonyl (C=O) groups excluding carboxylic acids is 4. The van der Waals surface area contributed by atoms with Crippen LogP contribution in [-0.4, -0.2) is 87.0 Å². The number of hydrogen-bond donors (Lipinski definition) is 6. The Morgan fingerprint density at radius 1 is 0.896 bits per heavy atom. The average molecular weight is 704 g/mol. The van der Waals surface area contributed by atoms with Crippen molar-refractivity contribution in [2.75, 3.05) is 28.7 Å². The molecule has 0 spiro atoms. The Kier molecular flexibility index (Phi) is 13.7. The van der Waals surface area contributed by atoms with E-state index in [9.17, 15) is 39.0 Å². The molecule has 15 heteroatoms. The molecule has 0 bridgehead atoms. The van der Waals surface area contributed by atoms with Crippen LogP contribution in [0.15, 0.2) is 48.5 Å². The van der Waals surface area contributed by atoms with E-state index < -0.39 is 42.0 Å². The number of carboxylic acid groups (broad SMARTS) is 2. The van der Waals surface area contributed by atoms with Crippen LogP contribution in [0.3, 0.4) is 0 Å². The Balaban J connectivity index is 1.54. The van der Waals surface area contributed by atoms with Crippen LogP contribution in [0.1, 0.15) is 58.4 Å². The second kappa shape index (κ2) is 17.2. The van der Waals surface area contributed by atoms with E-state index in [1.54, 1.807) is 48.5 Å². The fourth-order valence-electron chi connectivity index (χ4n) is 5.17. The maximum Gasteiger partial charge on any atom is 0.327 e. The van der Waals surface area contributed by atoms with E-state index in [1.807, 2.05) is 20.8 Å². The van der Waals surface area contributed by atoms with E-state index in [0.29, 0.717) is 16.4 Å². The van der Waals surface area contributed by atoms with Crippen molar-refractivity contribution in [3.63, 3.8) is 0 Å². The summed E-state index contributed by atoms with van der Waals surface area (Å²) in [5.74, 6) is -3.75. The number of hydrogen-bond acceptors (Lipinski definition) is 7. The Bertz CT molecular complexity index is 1480. The number of anilines is 2. The molecule has 0 radical (unpaired) electrons. The van der Waals surface area contributed by atoms with E-state index in [2.05, 4.69) is 21.3 Å². The summed E-state index contributed by atoms with van der Waals surface area (Å²) < 4.78 is 0. The number of urea groups is 1. The number of thioether (sulfide) groups is 1. The second-order valence-electron chi connectivity index (χ2n) is 12.8. The van der Waals surface area contributed by atoms with Crippen molar-refractivity contribution in [3.8, 4) is 0 Å². The number of likely N-dealkylation sites (tertiary alicyclic amines) is 1. The fourth-order valence-corrected chi connectivity index (χ4v) is 6.33. The Hall–Kier alpha value is -4.30. The van der Waals surface area contributed by atoms with Gasteiger partial charge in [0.25, 0.3) is 0 Å². The summed E-state index contributed by atoms with van der Waals surface area (Å²) >= 11 is 7.03. The highest BCUT2D eigenvalue weighted by Gasteiger charge is 2.40. The summed E-state index contributed by atoms with van der Waals surface area (Å²) in [5.41, 5.74) is 1.63. The van der Waals surface area contributed by atoms with Gasteiger partial charge >= 0.3 is 18.0 Å². The zero-order valence-electron chi connectivity index (χ0n) is 27.2. The van der Waals surface area contributed by atoms with E-state index in [0.717, 1.165) is 17.3 Å². The summed E-state index contributed by atoms with van der Waals surface area (Å²) in [4.78, 5) is 75.4. The number of carbonyl (C=O) groups is 6. The quantitative estimate of drug-likeness (QED) is 0.155. The molecule has 48 heavy (non-hydrogen) atoms. The molecule has 4 unspecified atom stereocenters. The smallest absolute Gasteiger partial charge is 0.327 e. The van der Waals surface area contributed by atoms with Gasteiger partial charge in [-0.15, -0.1) is 0 Å². The number of rotatable bonds is 14. The Morgan fingerprint density at radius 3 is 1.98 bits per heavy atom. The van der Waals surface area contributed by atoms with Crippen LogP contribution >= 0.6 is 23.4 Å². The minimum absolute atomic E-state index is 0.00426. The largest absolute Gasteiger partial charge is 0.480 e. The summed E-state index contributed by atoms with van der Waals surface area (Å²) in [6.45, 7) is 7.19. The van der Waals surface area contributed by atoms with Gasteiger partial charge in [0.2, 0.25) is 17.7 Å². The van der Waals surface area contributed by atoms with E-state index in [1.165, 1.54) is 11.8 Å². The zero-order chi connectivity index (χ0) is 35.6. The molecule has 0 aromatic heterocycles. The number of amides is 5. The number of nitrogens with one attached hydrogen (secondary N) is 4. The first-order chi connectivity index (χ1) is 22.5. The lowest BCUT2D eigenvalue weighted by Crippen LogP contribution is -2.50. The van der Waals surface area contributed by atoms with Gasteiger partial charge in [-0.05, 0) is 66.0 Å². The predicted octanol–water partition coefficient (Wildman–Crippen LogP) is 4.39. The molecular weight excluding hydrogens is 662 g/mol. The van der Waals surface area contributed by atoms with Gasteiger partial charge in [-0.3, -0.25) is 14.4 Å². The van der Waals surface area contributed by atoms with Crippen LogP contribution in [0, 0.1) is 5.41 Å². The molecule has 13 nitrogen and oxygen atoms in total. The van der Waals surface area contributed by atoms with Crippen molar-refractivity contribution in [2.24, 2.45) is 5.41 Å². The molecule has 3 rings (SSSR count). The highest BCUT2D eigenvalue weighted by molar-refractivity contribution is 7.99. The fraction of sp³-hybridized carbons (Fsp3) is 0.455. The molecule has 4 atom stereocenters. The number of nitrogens with zero attached hydrogens (tertiary/aromatic N) is 1. The maximum absolute atomic E-state index is 13.3. The highest BCUT2D eigenvalue weighted by atomic mass is 35.5. The minimum atomic E-state index is -1.26. The van der Waals surface area contributed by atoms with Gasteiger partial charge < -0.3 is 36.4 Å². The molecule has 1 saturated heterocycles. The van der Waals surface area contributed by atoms with Crippen LogP contribution in [0.2, 0.25) is 5.02 Å². The number of carboxylic acids is 2. The molecule has 260 valence electrons. The zero-order valence-corrected chi connectivity index (χ0v) is 28.8. The van der Waals surface area contributed by atoms with Crippen molar-refractivity contribution in [1.29, 1.82) is 0 Å². The summed E-state index contributed by atoms with van der Waals surface area (Å²) in [7, 11) is 0. The molecule has 0 saturated carbocycles. The van der Waals surface area contributed by atoms with Crippen LogP contribution in [-0.2, 0) is 24.0 Å². The minimum Gasteiger partial charge on any atom is -0.480 e. The first kappa shape index (κ1) is 38.2. The Labute approximate surface area is 288 Å². The monoisotopic (exact) mass is 703 g/mol. The third-order valence-electron chi connectivity index (χ3n) is 7.52. The first-order valence-electron chi connectivity index (χ1n) is 15.4. The lowest BCUT2D eigenvalue weighted by Gasteiger charge is -2.24. The van der Waals surface area contributed by atoms with E-state index in [4.69, 9.17) is 11.6 Å². The summed E-state index contributed by atoms with van der Waals surface area (Å²) in [6.07, 6.45) is 0.427. The molecule has 6 N–H and O–H groups in total.